The Hall–Kier alpha value is -0.330. The third-order valence-corrected chi connectivity index (χ3v) is 2.72. The monoisotopic (exact) mass is 219 g/mol. The zero-order valence-corrected chi connectivity index (χ0v) is 9.12. The first-order chi connectivity index (χ1) is 6.29. The van der Waals surface area contributed by atoms with Crippen LogP contribution in [0.2, 0.25) is 0 Å². The van der Waals surface area contributed by atoms with Gasteiger partial charge in [0.05, 0.1) is 0 Å². The summed E-state index contributed by atoms with van der Waals surface area (Å²) in [6.07, 6.45) is 3.11. The van der Waals surface area contributed by atoms with Crippen LogP contribution in [0.25, 0.3) is 0 Å². The highest BCUT2D eigenvalue weighted by Crippen LogP contribution is 2.02. The fourth-order valence-electron chi connectivity index (χ4n) is 1.07. The van der Waals surface area contributed by atoms with E-state index in [-0.39, 0.29) is 6.61 Å². The van der Waals surface area contributed by atoms with Crippen LogP contribution in [0.3, 0.4) is 0 Å². The van der Waals surface area contributed by atoms with Gasteiger partial charge in [0.2, 0.25) is 0 Å². The summed E-state index contributed by atoms with van der Waals surface area (Å²) in [5, 5.41) is 15.5. The van der Waals surface area contributed by atoms with E-state index in [4.69, 9.17) is 17.3 Å². The number of nitrogens with one attached hydrogen (secondary N) is 1. The lowest BCUT2D eigenvalue weighted by molar-refractivity contribution is 0.264. The molecule has 0 bridgehead atoms. The number of aliphatic hydroxyl groups is 1. The van der Waals surface area contributed by atoms with Crippen LogP contribution < -0.4 is 0 Å². The summed E-state index contributed by atoms with van der Waals surface area (Å²) in [6, 6.07) is 0. The van der Waals surface area contributed by atoms with Crippen LogP contribution >= 0.6 is 24.0 Å². The predicted molar refractivity (Wildman–Crippen MR) is 56.3 cm³/mol. The van der Waals surface area contributed by atoms with Gasteiger partial charge in [-0.1, -0.05) is 0 Å². The number of thioether (sulfide) groups is 1. The fourth-order valence-corrected chi connectivity index (χ4v) is 1.73. The molecule has 74 valence electrons. The minimum atomic E-state index is -0.0631. The van der Waals surface area contributed by atoms with Crippen molar-refractivity contribution in [2.24, 2.45) is 0 Å². The standard InChI is InChI=1S/C7H13N3OS2/c1-13-4-2-3-10-6(5-11)8-9-7(10)12/h11H,2-5H2,1H3,(H,9,12). The summed E-state index contributed by atoms with van der Waals surface area (Å²) >= 11 is 6.82. The molecule has 0 unspecified atom stereocenters. The lowest BCUT2D eigenvalue weighted by atomic mass is 10.4. The number of aromatic nitrogens is 3. The van der Waals surface area contributed by atoms with Gasteiger partial charge < -0.3 is 9.67 Å². The van der Waals surface area contributed by atoms with Crippen molar-refractivity contribution in [3.8, 4) is 0 Å². The molecule has 0 atom stereocenters. The largest absolute Gasteiger partial charge is 0.388 e. The maximum absolute atomic E-state index is 8.93. The predicted octanol–water partition coefficient (Wildman–Crippen LogP) is 1.19. The van der Waals surface area contributed by atoms with Crippen LogP contribution in [0, 0.1) is 4.77 Å². The van der Waals surface area contributed by atoms with E-state index >= 15 is 0 Å². The van der Waals surface area contributed by atoms with E-state index in [9.17, 15) is 0 Å². The molecule has 4 nitrogen and oxygen atoms in total. The van der Waals surface area contributed by atoms with Crippen molar-refractivity contribution < 1.29 is 5.11 Å². The smallest absolute Gasteiger partial charge is 0.195 e. The second kappa shape index (κ2) is 5.41. The minimum absolute atomic E-state index is 0.0631. The van der Waals surface area contributed by atoms with E-state index in [0.29, 0.717) is 10.6 Å². The summed E-state index contributed by atoms with van der Waals surface area (Å²) in [5.41, 5.74) is 0. The van der Waals surface area contributed by atoms with E-state index in [1.807, 2.05) is 4.57 Å². The van der Waals surface area contributed by atoms with E-state index in [1.165, 1.54) is 0 Å². The van der Waals surface area contributed by atoms with Gasteiger partial charge >= 0.3 is 0 Å². The third-order valence-electron chi connectivity index (χ3n) is 1.71. The normalized spacial score (nSPS) is 10.6. The van der Waals surface area contributed by atoms with Gasteiger partial charge in [-0.15, -0.1) is 0 Å². The number of aliphatic hydroxyl groups excluding tert-OH is 1. The Bertz CT molecular complexity index is 307. The number of nitrogens with zero attached hydrogens (tertiary/aromatic N) is 2. The summed E-state index contributed by atoms with van der Waals surface area (Å²) in [5.74, 6) is 1.71. The van der Waals surface area contributed by atoms with E-state index in [1.54, 1.807) is 11.8 Å². The van der Waals surface area contributed by atoms with Gasteiger partial charge in [-0.05, 0) is 30.6 Å². The highest BCUT2D eigenvalue weighted by molar-refractivity contribution is 7.98. The van der Waals surface area contributed by atoms with Crippen LogP contribution in [0.4, 0.5) is 0 Å². The second-order valence-electron chi connectivity index (χ2n) is 2.60. The molecule has 6 heteroatoms. The molecule has 1 aromatic heterocycles. The molecule has 1 aromatic rings. The maximum Gasteiger partial charge on any atom is 0.195 e. The quantitative estimate of drug-likeness (QED) is 0.577. The topological polar surface area (TPSA) is 53.8 Å². The van der Waals surface area contributed by atoms with Crippen molar-refractivity contribution in [3.05, 3.63) is 10.6 Å². The molecule has 0 fully saturated rings. The Morgan fingerprint density at radius 2 is 2.46 bits per heavy atom. The Morgan fingerprint density at radius 3 is 3.08 bits per heavy atom. The highest BCUT2D eigenvalue weighted by Gasteiger charge is 2.02. The molecule has 0 radical (unpaired) electrons. The average Bonchev–Trinajstić information content (AvgIpc) is 2.48. The first-order valence-electron chi connectivity index (χ1n) is 4.03. The molecule has 0 amide bonds. The second-order valence-corrected chi connectivity index (χ2v) is 3.97. The lowest BCUT2D eigenvalue weighted by Crippen LogP contribution is -2.04. The van der Waals surface area contributed by atoms with Crippen molar-refractivity contribution in [2.75, 3.05) is 12.0 Å². The molecule has 0 saturated heterocycles. The van der Waals surface area contributed by atoms with Crippen molar-refractivity contribution in [3.63, 3.8) is 0 Å². The van der Waals surface area contributed by atoms with Crippen molar-refractivity contribution in [1.29, 1.82) is 0 Å². The van der Waals surface area contributed by atoms with Gasteiger partial charge in [0.15, 0.2) is 10.6 Å². The lowest BCUT2D eigenvalue weighted by Gasteiger charge is -2.03. The third kappa shape index (κ3) is 2.82. The van der Waals surface area contributed by atoms with Crippen LogP contribution in [0.1, 0.15) is 12.2 Å². The van der Waals surface area contributed by atoms with Gasteiger partial charge in [0.1, 0.15) is 6.61 Å². The Balaban J connectivity index is 2.63. The van der Waals surface area contributed by atoms with Crippen molar-refractivity contribution in [1.82, 2.24) is 14.8 Å². The van der Waals surface area contributed by atoms with Crippen LogP contribution in [-0.2, 0) is 13.2 Å². The molecule has 2 N–H and O–H groups in total. The summed E-state index contributed by atoms with van der Waals surface area (Å²) in [7, 11) is 0. The molecule has 0 aromatic carbocycles. The molecule has 0 aliphatic heterocycles. The highest BCUT2D eigenvalue weighted by atomic mass is 32.2. The number of aromatic amines is 1. The molecule has 1 rings (SSSR count). The molecule has 0 aliphatic carbocycles. The van der Waals surface area contributed by atoms with Gasteiger partial charge in [0.25, 0.3) is 0 Å². The van der Waals surface area contributed by atoms with Crippen LogP contribution in [0.15, 0.2) is 0 Å². The number of hydrogen-bond donors (Lipinski definition) is 2. The van der Waals surface area contributed by atoms with Crippen LogP contribution in [-0.4, -0.2) is 31.9 Å². The number of rotatable bonds is 5. The van der Waals surface area contributed by atoms with Gasteiger partial charge in [-0.2, -0.15) is 16.9 Å². The van der Waals surface area contributed by atoms with E-state index in [2.05, 4.69) is 16.5 Å². The Labute approximate surface area is 86.4 Å². The molecule has 0 aliphatic rings. The van der Waals surface area contributed by atoms with Gasteiger partial charge in [-0.25, -0.2) is 0 Å². The van der Waals surface area contributed by atoms with Gasteiger partial charge in [-0.3, -0.25) is 5.10 Å². The molecular formula is C7H13N3OS2. The molecule has 1 heterocycles. The first kappa shape index (κ1) is 10.7. The molecule has 13 heavy (non-hydrogen) atoms. The minimum Gasteiger partial charge on any atom is -0.388 e. The fraction of sp³-hybridized carbons (Fsp3) is 0.714. The summed E-state index contributed by atoms with van der Waals surface area (Å²) < 4.78 is 2.43. The van der Waals surface area contributed by atoms with E-state index in [0.717, 1.165) is 18.7 Å². The molecule has 0 saturated carbocycles. The zero-order chi connectivity index (χ0) is 9.68. The number of hydrogen-bond acceptors (Lipinski definition) is 4. The van der Waals surface area contributed by atoms with Gasteiger partial charge in [0, 0.05) is 6.54 Å². The summed E-state index contributed by atoms with van der Waals surface area (Å²) in [6.45, 7) is 0.762. The van der Waals surface area contributed by atoms with E-state index < -0.39 is 0 Å². The maximum atomic E-state index is 8.93. The zero-order valence-electron chi connectivity index (χ0n) is 7.49. The Morgan fingerprint density at radius 1 is 1.69 bits per heavy atom. The SMILES string of the molecule is CSCCCn1c(CO)n[nH]c1=S. The van der Waals surface area contributed by atoms with Crippen LogP contribution in [0.5, 0.6) is 0 Å². The Kier molecular flexibility index (Phi) is 4.47. The number of H-pyrrole nitrogens is 1. The molecular weight excluding hydrogens is 206 g/mol. The van der Waals surface area contributed by atoms with Crippen molar-refractivity contribution in [2.45, 2.75) is 19.6 Å². The average molecular weight is 219 g/mol. The summed E-state index contributed by atoms with van der Waals surface area (Å²) in [4.78, 5) is 0. The first-order valence-corrected chi connectivity index (χ1v) is 5.83. The molecule has 0 spiro atoms. The van der Waals surface area contributed by atoms with Crippen molar-refractivity contribution >= 4 is 24.0 Å².